The van der Waals surface area contributed by atoms with E-state index in [9.17, 15) is 9.90 Å². The van der Waals surface area contributed by atoms with Gasteiger partial charge in [-0.25, -0.2) is 4.68 Å². The summed E-state index contributed by atoms with van der Waals surface area (Å²) in [5.41, 5.74) is 1.97. The average Bonchev–Trinajstić information content (AvgIpc) is 3.03. The zero-order valence-electron chi connectivity index (χ0n) is 12.3. The van der Waals surface area contributed by atoms with E-state index in [0.717, 1.165) is 24.8 Å². The molecule has 21 heavy (non-hydrogen) atoms. The van der Waals surface area contributed by atoms with Crippen molar-refractivity contribution in [2.75, 3.05) is 6.61 Å². The highest BCUT2D eigenvalue weighted by atomic mass is 16.3. The molecule has 1 heterocycles. The van der Waals surface area contributed by atoms with Crippen molar-refractivity contribution in [3.8, 4) is 0 Å². The van der Waals surface area contributed by atoms with Crippen LogP contribution in [-0.2, 0) is 7.05 Å². The Hall–Kier alpha value is -1.95. The first kappa shape index (κ1) is 14.0. The highest BCUT2D eigenvalue weighted by Crippen LogP contribution is 2.37. The van der Waals surface area contributed by atoms with Crippen molar-refractivity contribution in [1.82, 2.24) is 20.3 Å². The van der Waals surface area contributed by atoms with Gasteiger partial charge in [-0.2, -0.15) is 0 Å². The smallest absolute Gasteiger partial charge is 0.251 e. The number of rotatable bonds is 3. The van der Waals surface area contributed by atoms with E-state index >= 15 is 0 Å². The predicted octanol–water partition coefficient (Wildman–Crippen LogP) is 1.25. The number of benzene rings is 1. The highest BCUT2D eigenvalue weighted by molar-refractivity contribution is 5.97. The van der Waals surface area contributed by atoms with Gasteiger partial charge < -0.3 is 10.4 Å². The summed E-state index contributed by atoms with van der Waals surface area (Å²) in [7, 11) is 1.82. The van der Waals surface area contributed by atoms with Crippen LogP contribution in [0.5, 0.6) is 0 Å². The van der Waals surface area contributed by atoms with Crippen molar-refractivity contribution in [2.24, 2.45) is 12.5 Å². The molecule has 112 valence electrons. The molecule has 1 saturated carbocycles. The molecule has 0 radical (unpaired) electrons. The van der Waals surface area contributed by atoms with E-state index in [1.807, 2.05) is 20.0 Å². The number of aromatic nitrogens is 3. The first-order valence-corrected chi connectivity index (χ1v) is 7.25. The third kappa shape index (κ3) is 2.40. The summed E-state index contributed by atoms with van der Waals surface area (Å²) >= 11 is 0. The molecule has 2 aromatic rings. The van der Waals surface area contributed by atoms with E-state index in [4.69, 9.17) is 0 Å². The number of hydrogen-bond acceptors (Lipinski definition) is 4. The molecule has 1 aliphatic rings. The van der Waals surface area contributed by atoms with Crippen LogP contribution in [0.2, 0.25) is 0 Å². The van der Waals surface area contributed by atoms with Gasteiger partial charge in [-0.05, 0) is 31.0 Å². The Labute approximate surface area is 123 Å². The van der Waals surface area contributed by atoms with Crippen LogP contribution in [0.1, 0.15) is 36.5 Å². The Morgan fingerprint density at radius 1 is 1.57 bits per heavy atom. The summed E-state index contributed by atoms with van der Waals surface area (Å²) in [6.45, 7) is 2.12. The molecule has 1 fully saturated rings. The minimum atomic E-state index is -0.216. The minimum absolute atomic E-state index is 0.0209. The number of carbonyl (C=O) groups is 1. The van der Waals surface area contributed by atoms with Crippen LogP contribution in [0, 0.1) is 5.41 Å². The second kappa shape index (κ2) is 5.11. The van der Waals surface area contributed by atoms with Crippen LogP contribution in [0.15, 0.2) is 18.2 Å². The summed E-state index contributed by atoms with van der Waals surface area (Å²) in [5.74, 6) is -0.117. The molecular weight excluding hydrogens is 268 g/mol. The molecule has 2 N–H and O–H groups in total. The highest BCUT2D eigenvalue weighted by Gasteiger charge is 2.39. The van der Waals surface area contributed by atoms with E-state index in [1.165, 1.54) is 0 Å². The Bertz CT molecular complexity index is 681. The van der Waals surface area contributed by atoms with E-state index in [2.05, 4.69) is 15.6 Å². The zero-order valence-corrected chi connectivity index (χ0v) is 12.3. The van der Waals surface area contributed by atoms with Gasteiger partial charge in [0.25, 0.3) is 5.91 Å². The van der Waals surface area contributed by atoms with E-state index in [-0.39, 0.29) is 24.0 Å². The van der Waals surface area contributed by atoms with Gasteiger partial charge in [0.2, 0.25) is 0 Å². The molecule has 0 bridgehead atoms. The van der Waals surface area contributed by atoms with Crippen molar-refractivity contribution < 1.29 is 9.90 Å². The van der Waals surface area contributed by atoms with Gasteiger partial charge in [-0.15, -0.1) is 5.10 Å². The van der Waals surface area contributed by atoms with E-state index in [1.54, 1.807) is 16.8 Å². The Morgan fingerprint density at radius 3 is 3.14 bits per heavy atom. The monoisotopic (exact) mass is 288 g/mol. The van der Waals surface area contributed by atoms with Crippen LogP contribution in [-0.4, -0.2) is 38.7 Å². The largest absolute Gasteiger partial charge is 0.396 e. The maximum absolute atomic E-state index is 12.4. The summed E-state index contributed by atoms with van der Waals surface area (Å²) in [6.07, 6.45) is 2.89. The van der Waals surface area contributed by atoms with Gasteiger partial charge in [0.1, 0.15) is 5.52 Å². The molecule has 1 aliphatic carbocycles. The lowest BCUT2D eigenvalue weighted by Gasteiger charge is -2.30. The molecular formula is C15H20N4O2. The average molecular weight is 288 g/mol. The number of aryl methyl sites for hydroxylation is 1. The molecule has 6 heteroatoms. The molecule has 3 rings (SSSR count). The Morgan fingerprint density at radius 2 is 2.38 bits per heavy atom. The predicted molar refractivity (Wildman–Crippen MR) is 78.8 cm³/mol. The van der Waals surface area contributed by atoms with Gasteiger partial charge in [0.05, 0.1) is 12.1 Å². The molecule has 1 amide bonds. The van der Waals surface area contributed by atoms with Gasteiger partial charge in [0.15, 0.2) is 0 Å². The SMILES string of the molecule is Cn1nnc2cc(C(=O)NC3CCCC3(C)CO)ccc21. The number of fused-ring (bicyclic) bond motifs is 1. The second-order valence-corrected chi connectivity index (χ2v) is 6.15. The summed E-state index contributed by atoms with van der Waals surface area (Å²) in [4.78, 5) is 12.4. The van der Waals surface area contributed by atoms with Gasteiger partial charge in [-0.3, -0.25) is 4.79 Å². The molecule has 0 spiro atoms. The maximum Gasteiger partial charge on any atom is 0.251 e. The van der Waals surface area contributed by atoms with Gasteiger partial charge in [-0.1, -0.05) is 18.6 Å². The molecule has 0 aliphatic heterocycles. The molecule has 1 aromatic heterocycles. The third-order valence-corrected chi connectivity index (χ3v) is 4.62. The first-order valence-electron chi connectivity index (χ1n) is 7.25. The second-order valence-electron chi connectivity index (χ2n) is 6.15. The number of hydrogen-bond donors (Lipinski definition) is 2. The lowest BCUT2D eigenvalue weighted by atomic mass is 9.85. The van der Waals surface area contributed by atoms with Crippen LogP contribution < -0.4 is 5.32 Å². The number of nitrogens with zero attached hydrogens (tertiary/aromatic N) is 3. The van der Waals surface area contributed by atoms with Crippen molar-refractivity contribution in [3.63, 3.8) is 0 Å². The van der Waals surface area contributed by atoms with E-state index < -0.39 is 0 Å². The Kier molecular flexibility index (Phi) is 3.41. The minimum Gasteiger partial charge on any atom is -0.396 e. The van der Waals surface area contributed by atoms with Crippen molar-refractivity contribution in [2.45, 2.75) is 32.2 Å². The lowest BCUT2D eigenvalue weighted by Crippen LogP contribution is -2.44. The molecule has 2 atom stereocenters. The summed E-state index contributed by atoms with van der Waals surface area (Å²) in [6, 6.07) is 5.41. The topological polar surface area (TPSA) is 80.0 Å². The fraction of sp³-hybridized carbons (Fsp3) is 0.533. The van der Waals surface area contributed by atoms with Crippen LogP contribution >= 0.6 is 0 Å². The number of nitrogens with one attached hydrogen (secondary N) is 1. The summed E-state index contributed by atoms with van der Waals surface area (Å²) < 4.78 is 1.68. The van der Waals surface area contributed by atoms with E-state index in [0.29, 0.717) is 11.1 Å². The fourth-order valence-corrected chi connectivity index (χ4v) is 3.09. The van der Waals surface area contributed by atoms with Crippen LogP contribution in [0.3, 0.4) is 0 Å². The third-order valence-electron chi connectivity index (χ3n) is 4.62. The normalized spacial score (nSPS) is 25.4. The van der Waals surface area contributed by atoms with Crippen molar-refractivity contribution >= 4 is 16.9 Å². The Balaban J connectivity index is 1.80. The molecule has 1 aromatic carbocycles. The quantitative estimate of drug-likeness (QED) is 0.890. The first-order chi connectivity index (χ1) is 10.0. The zero-order chi connectivity index (χ0) is 15.0. The van der Waals surface area contributed by atoms with Crippen molar-refractivity contribution in [1.29, 1.82) is 0 Å². The maximum atomic E-state index is 12.4. The molecule has 0 saturated heterocycles. The molecule has 6 nitrogen and oxygen atoms in total. The standard InChI is InChI=1S/C15H20N4O2/c1-15(9-20)7-3-4-13(15)16-14(21)10-5-6-12-11(8-10)17-18-19(12)2/h5-6,8,13,20H,3-4,7,9H2,1-2H3,(H,16,21). The number of amides is 1. The van der Waals surface area contributed by atoms with Crippen LogP contribution in [0.4, 0.5) is 0 Å². The lowest BCUT2D eigenvalue weighted by molar-refractivity contribution is 0.0830. The van der Waals surface area contributed by atoms with Crippen molar-refractivity contribution in [3.05, 3.63) is 23.8 Å². The fourth-order valence-electron chi connectivity index (χ4n) is 3.09. The summed E-state index contributed by atoms with van der Waals surface area (Å²) in [5, 5.41) is 20.6. The molecule has 2 unspecified atom stereocenters. The van der Waals surface area contributed by atoms with Gasteiger partial charge >= 0.3 is 0 Å². The number of carbonyl (C=O) groups excluding carboxylic acids is 1. The van der Waals surface area contributed by atoms with Crippen LogP contribution in [0.25, 0.3) is 11.0 Å². The van der Waals surface area contributed by atoms with Gasteiger partial charge in [0, 0.05) is 24.1 Å². The number of aliphatic hydroxyl groups is 1. The number of aliphatic hydroxyl groups excluding tert-OH is 1.